The molecule has 2 aromatic rings. The van der Waals surface area contributed by atoms with Crippen molar-refractivity contribution in [1.29, 1.82) is 0 Å². The number of halogens is 1. The molecule has 0 amide bonds. The number of phenolic OH excluding ortho intramolecular Hbond substituents is 1. The Morgan fingerprint density at radius 1 is 1.30 bits per heavy atom. The number of aromatic hydroxyl groups is 1. The van der Waals surface area contributed by atoms with E-state index in [1.807, 2.05) is 6.92 Å². The molecule has 0 saturated heterocycles. The van der Waals surface area contributed by atoms with Crippen LogP contribution in [0.15, 0.2) is 41.4 Å². The minimum absolute atomic E-state index is 0.0536. The fraction of sp³-hybridized carbons (Fsp3) is 0.188. The van der Waals surface area contributed by atoms with E-state index in [9.17, 15) is 9.50 Å². The van der Waals surface area contributed by atoms with E-state index >= 15 is 0 Å². The van der Waals surface area contributed by atoms with Gasteiger partial charge in [0.05, 0.1) is 12.3 Å². The number of hydrogen-bond donors (Lipinski definition) is 1. The van der Waals surface area contributed by atoms with E-state index in [4.69, 9.17) is 4.74 Å². The van der Waals surface area contributed by atoms with Crippen molar-refractivity contribution in [2.24, 2.45) is 4.99 Å². The van der Waals surface area contributed by atoms with Gasteiger partial charge < -0.3 is 9.84 Å². The Morgan fingerprint density at radius 2 is 2.10 bits per heavy atom. The standard InChI is InChI=1S/C16H16FNO2/c1-3-20-15-6-4-5-12(16(15)19)10-18-14-8-7-13(17)9-11(14)2/h4-10,19H,3H2,1-2H3. The summed E-state index contributed by atoms with van der Waals surface area (Å²) in [6, 6.07) is 9.59. The lowest BCUT2D eigenvalue weighted by Crippen LogP contribution is -1.93. The molecule has 3 nitrogen and oxygen atoms in total. The van der Waals surface area contributed by atoms with Crippen molar-refractivity contribution < 1.29 is 14.2 Å². The topological polar surface area (TPSA) is 41.8 Å². The lowest BCUT2D eigenvalue weighted by molar-refractivity contribution is 0.318. The zero-order chi connectivity index (χ0) is 14.5. The van der Waals surface area contributed by atoms with Crippen molar-refractivity contribution in [1.82, 2.24) is 0 Å². The molecule has 0 aliphatic rings. The number of phenols is 1. The maximum absolute atomic E-state index is 13.0. The largest absolute Gasteiger partial charge is 0.504 e. The summed E-state index contributed by atoms with van der Waals surface area (Å²) in [6.45, 7) is 4.11. The Labute approximate surface area is 117 Å². The molecule has 0 radical (unpaired) electrons. The predicted octanol–water partition coefficient (Wildman–Crippen LogP) is 3.99. The highest BCUT2D eigenvalue weighted by atomic mass is 19.1. The summed E-state index contributed by atoms with van der Waals surface area (Å²) >= 11 is 0. The predicted molar refractivity (Wildman–Crippen MR) is 77.7 cm³/mol. The van der Waals surface area contributed by atoms with Crippen LogP contribution in [0.4, 0.5) is 10.1 Å². The van der Waals surface area contributed by atoms with Gasteiger partial charge in [0.15, 0.2) is 11.5 Å². The van der Waals surface area contributed by atoms with Gasteiger partial charge in [-0.05, 0) is 49.7 Å². The molecule has 0 spiro atoms. The quantitative estimate of drug-likeness (QED) is 0.856. The third-order valence-electron chi connectivity index (χ3n) is 2.83. The highest BCUT2D eigenvalue weighted by Gasteiger charge is 2.06. The molecule has 0 aliphatic carbocycles. The Balaban J connectivity index is 2.29. The molecule has 0 heterocycles. The van der Waals surface area contributed by atoms with Crippen molar-refractivity contribution in [3.8, 4) is 11.5 Å². The molecule has 4 heteroatoms. The number of aliphatic imine (C=N–C) groups is 1. The average molecular weight is 273 g/mol. The second kappa shape index (κ2) is 6.19. The lowest BCUT2D eigenvalue weighted by atomic mass is 10.2. The minimum atomic E-state index is -0.289. The maximum atomic E-state index is 13.0. The number of rotatable bonds is 4. The Kier molecular flexibility index (Phi) is 4.35. The first-order chi connectivity index (χ1) is 9.61. The molecule has 0 atom stereocenters. The number of aryl methyl sites for hydroxylation is 1. The van der Waals surface area contributed by atoms with E-state index in [1.165, 1.54) is 18.3 Å². The van der Waals surface area contributed by atoms with Gasteiger partial charge >= 0.3 is 0 Å². The van der Waals surface area contributed by atoms with Crippen molar-refractivity contribution >= 4 is 11.9 Å². The van der Waals surface area contributed by atoms with Crippen molar-refractivity contribution in [3.63, 3.8) is 0 Å². The monoisotopic (exact) mass is 273 g/mol. The summed E-state index contributed by atoms with van der Waals surface area (Å²) in [5.74, 6) is 0.188. The number of ether oxygens (including phenoxy) is 1. The van der Waals surface area contributed by atoms with Gasteiger partial charge in [0.2, 0.25) is 0 Å². The molecule has 104 valence electrons. The Morgan fingerprint density at radius 3 is 2.80 bits per heavy atom. The summed E-state index contributed by atoms with van der Waals surface area (Å²) < 4.78 is 18.3. The molecule has 0 fully saturated rings. The lowest BCUT2D eigenvalue weighted by Gasteiger charge is -2.07. The van der Waals surface area contributed by atoms with Crippen LogP contribution in [0.3, 0.4) is 0 Å². The third kappa shape index (κ3) is 3.15. The van der Waals surface area contributed by atoms with Crippen LogP contribution in [0.2, 0.25) is 0 Å². The van der Waals surface area contributed by atoms with Crippen LogP contribution in [0, 0.1) is 12.7 Å². The SMILES string of the molecule is CCOc1cccc(C=Nc2ccc(F)cc2C)c1O. The van der Waals surface area contributed by atoms with Gasteiger partial charge in [0.25, 0.3) is 0 Å². The number of nitrogens with zero attached hydrogens (tertiary/aromatic N) is 1. The molecule has 0 saturated carbocycles. The first-order valence-corrected chi connectivity index (χ1v) is 6.37. The first kappa shape index (κ1) is 14.1. The molecule has 2 rings (SSSR count). The van der Waals surface area contributed by atoms with Gasteiger partial charge in [0.1, 0.15) is 5.82 Å². The van der Waals surface area contributed by atoms with E-state index in [-0.39, 0.29) is 11.6 Å². The summed E-state index contributed by atoms with van der Waals surface area (Å²) in [7, 11) is 0. The molecular weight excluding hydrogens is 257 g/mol. The van der Waals surface area contributed by atoms with E-state index in [1.54, 1.807) is 31.2 Å². The first-order valence-electron chi connectivity index (χ1n) is 6.37. The van der Waals surface area contributed by atoms with Crippen LogP contribution in [-0.4, -0.2) is 17.9 Å². The Bertz CT molecular complexity index is 638. The van der Waals surface area contributed by atoms with Crippen molar-refractivity contribution in [3.05, 3.63) is 53.3 Å². The van der Waals surface area contributed by atoms with Crippen LogP contribution in [0.25, 0.3) is 0 Å². The smallest absolute Gasteiger partial charge is 0.166 e. The van der Waals surface area contributed by atoms with Gasteiger partial charge in [-0.1, -0.05) is 6.07 Å². The molecular formula is C16H16FNO2. The Hall–Kier alpha value is -2.36. The normalized spacial score (nSPS) is 10.9. The van der Waals surface area contributed by atoms with Crippen molar-refractivity contribution in [2.75, 3.05) is 6.61 Å². The highest BCUT2D eigenvalue weighted by Crippen LogP contribution is 2.29. The van der Waals surface area contributed by atoms with E-state index in [0.29, 0.717) is 23.6 Å². The number of hydrogen-bond acceptors (Lipinski definition) is 3. The molecule has 20 heavy (non-hydrogen) atoms. The van der Waals surface area contributed by atoms with Gasteiger partial charge in [-0.25, -0.2) is 4.39 Å². The van der Waals surface area contributed by atoms with Crippen LogP contribution < -0.4 is 4.74 Å². The van der Waals surface area contributed by atoms with Gasteiger partial charge in [0, 0.05) is 11.8 Å². The van der Waals surface area contributed by atoms with Gasteiger partial charge in [-0.15, -0.1) is 0 Å². The average Bonchev–Trinajstić information content (AvgIpc) is 2.42. The van der Waals surface area contributed by atoms with E-state index in [0.717, 1.165) is 5.56 Å². The highest BCUT2D eigenvalue weighted by molar-refractivity contribution is 5.86. The number of benzene rings is 2. The van der Waals surface area contributed by atoms with Gasteiger partial charge in [-0.3, -0.25) is 4.99 Å². The number of para-hydroxylation sites is 1. The second-order valence-corrected chi connectivity index (χ2v) is 4.32. The molecule has 1 N–H and O–H groups in total. The van der Waals surface area contributed by atoms with Crippen LogP contribution in [0.5, 0.6) is 11.5 Å². The van der Waals surface area contributed by atoms with Crippen molar-refractivity contribution in [2.45, 2.75) is 13.8 Å². The molecule has 0 aliphatic heterocycles. The van der Waals surface area contributed by atoms with Crippen LogP contribution in [-0.2, 0) is 0 Å². The summed E-state index contributed by atoms with van der Waals surface area (Å²) in [4.78, 5) is 4.27. The summed E-state index contributed by atoms with van der Waals surface area (Å²) in [6.07, 6.45) is 1.54. The van der Waals surface area contributed by atoms with E-state index in [2.05, 4.69) is 4.99 Å². The van der Waals surface area contributed by atoms with E-state index < -0.39 is 0 Å². The maximum Gasteiger partial charge on any atom is 0.166 e. The fourth-order valence-corrected chi connectivity index (χ4v) is 1.82. The molecule has 0 unspecified atom stereocenters. The zero-order valence-corrected chi connectivity index (χ0v) is 11.4. The fourth-order valence-electron chi connectivity index (χ4n) is 1.82. The van der Waals surface area contributed by atoms with Crippen LogP contribution in [0.1, 0.15) is 18.1 Å². The third-order valence-corrected chi connectivity index (χ3v) is 2.83. The van der Waals surface area contributed by atoms with Gasteiger partial charge in [-0.2, -0.15) is 0 Å². The van der Waals surface area contributed by atoms with Crippen LogP contribution >= 0.6 is 0 Å². The summed E-state index contributed by atoms with van der Waals surface area (Å²) in [5, 5.41) is 10.0. The molecule has 0 bridgehead atoms. The molecule has 2 aromatic carbocycles. The summed E-state index contributed by atoms with van der Waals surface area (Å²) in [5.41, 5.74) is 1.95. The zero-order valence-electron chi connectivity index (χ0n) is 11.4. The second-order valence-electron chi connectivity index (χ2n) is 4.32. The minimum Gasteiger partial charge on any atom is -0.504 e. The molecule has 0 aromatic heterocycles.